The fourth-order valence-corrected chi connectivity index (χ4v) is 5.43. The molecule has 2 unspecified atom stereocenters. The summed E-state index contributed by atoms with van der Waals surface area (Å²) >= 11 is 1.60. The first-order chi connectivity index (χ1) is 15.7. The molecule has 0 bridgehead atoms. The number of anilines is 1. The van der Waals surface area contributed by atoms with E-state index < -0.39 is 23.8 Å². The smallest absolute Gasteiger partial charge is 0.382 e. The van der Waals surface area contributed by atoms with Gasteiger partial charge in [-0.05, 0) is 31.9 Å². The zero-order valence-electron chi connectivity index (χ0n) is 19.3. The molecule has 7 nitrogen and oxygen atoms in total. The second kappa shape index (κ2) is 11.1. The van der Waals surface area contributed by atoms with Crippen LogP contribution in [0.3, 0.4) is 0 Å². The number of nitrogens with zero attached hydrogens (tertiary/aromatic N) is 5. The van der Waals surface area contributed by atoms with Gasteiger partial charge in [0.05, 0.1) is 18.2 Å². The van der Waals surface area contributed by atoms with Crippen LogP contribution in [0.5, 0.6) is 0 Å². The average Bonchev–Trinajstić information content (AvgIpc) is 3.17. The Kier molecular flexibility index (Phi) is 8.63. The van der Waals surface area contributed by atoms with E-state index in [2.05, 4.69) is 14.6 Å². The van der Waals surface area contributed by atoms with E-state index in [4.69, 9.17) is 4.74 Å². The van der Waals surface area contributed by atoms with Gasteiger partial charge in [-0.2, -0.15) is 18.3 Å². The fraction of sp³-hybridized carbons (Fsp3) is 0.682. The van der Waals surface area contributed by atoms with Crippen molar-refractivity contribution in [1.82, 2.24) is 9.31 Å². The molecule has 2 atom stereocenters. The van der Waals surface area contributed by atoms with Gasteiger partial charge in [0, 0.05) is 44.6 Å². The molecule has 2 aliphatic rings. The van der Waals surface area contributed by atoms with Crippen LogP contribution in [0.2, 0.25) is 0 Å². The van der Waals surface area contributed by atoms with Gasteiger partial charge in [0.15, 0.2) is 6.04 Å². The summed E-state index contributed by atoms with van der Waals surface area (Å²) in [5.74, 6) is 0.675. The molecular weight excluding hydrogens is 455 g/mol. The quantitative estimate of drug-likeness (QED) is 0.478. The van der Waals surface area contributed by atoms with Crippen LogP contribution in [-0.4, -0.2) is 78.1 Å². The highest BCUT2D eigenvalue weighted by molar-refractivity contribution is 7.97. The summed E-state index contributed by atoms with van der Waals surface area (Å²) in [6, 6.07) is 7.14. The minimum Gasteiger partial charge on any atom is -0.382 e. The standard InChI is InChI=1S/C22H32F3N5O2S/c1-4-19(31)30(18-8-6-5-7-9-18)21(16-32-3)10-12-28(13-11-21)33-15-14-29-17(2)20(26-27-29)22(23,24)25/h5-9,17,20H,4,10-16H2,1-3H3. The van der Waals surface area contributed by atoms with Gasteiger partial charge >= 0.3 is 6.18 Å². The first-order valence-electron chi connectivity index (χ1n) is 11.2. The van der Waals surface area contributed by atoms with Crippen LogP contribution in [0.25, 0.3) is 0 Å². The normalized spacial score (nSPS) is 23.2. The Labute approximate surface area is 197 Å². The summed E-state index contributed by atoms with van der Waals surface area (Å²) in [7, 11) is 1.66. The van der Waals surface area contributed by atoms with Gasteiger partial charge in [-0.3, -0.25) is 14.1 Å². The molecule has 1 amide bonds. The highest BCUT2D eigenvalue weighted by atomic mass is 32.2. The van der Waals surface area contributed by atoms with E-state index in [1.807, 2.05) is 42.2 Å². The number of para-hydroxylation sites is 1. The Hall–Kier alpha value is -1.85. The number of ether oxygens (including phenoxy) is 1. The number of amides is 1. The maximum absolute atomic E-state index is 13.0. The molecule has 1 fully saturated rings. The van der Waals surface area contributed by atoms with Crippen molar-refractivity contribution in [1.29, 1.82) is 0 Å². The number of hydrogen-bond acceptors (Lipinski definition) is 7. The zero-order valence-corrected chi connectivity index (χ0v) is 20.1. The molecule has 2 heterocycles. The molecule has 1 aromatic carbocycles. The predicted octanol–water partition coefficient (Wildman–Crippen LogP) is 4.56. The van der Waals surface area contributed by atoms with Gasteiger partial charge in [-0.25, -0.2) is 0 Å². The Bertz CT molecular complexity index is 803. The van der Waals surface area contributed by atoms with Gasteiger partial charge in [-0.1, -0.05) is 42.3 Å². The Morgan fingerprint density at radius 1 is 1.27 bits per heavy atom. The molecule has 33 heavy (non-hydrogen) atoms. The lowest BCUT2D eigenvalue weighted by molar-refractivity contribution is -0.153. The lowest BCUT2D eigenvalue weighted by Gasteiger charge is -2.48. The minimum absolute atomic E-state index is 0.0620. The zero-order chi connectivity index (χ0) is 24.1. The van der Waals surface area contributed by atoms with Crippen LogP contribution in [0.15, 0.2) is 40.7 Å². The monoisotopic (exact) mass is 487 g/mol. The van der Waals surface area contributed by atoms with Crippen LogP contribution >= 0.6 is 11.9 Å². The number of piperidine rings is 1. The Morgan fingerprint density at radius 3 is 2.48 bits per heavy atom. The summed E-state index contributed by atoms with van der Waals surface area (Å²) in [6.07, 6.45) is -2.49. The predicted molar refractivity (Wildman–Crippen MR) is 123 cm³/mol. The Morgan fingerprint density at radius 2 is 1.94 bits per heavy atom. The molecule has 0 N–H and O–H groups in total. The first kappa shape index (κ1) is 25.8. The molecule has 184 valence electrons. The molecule has 0 saturated carbocycles. The van der Waals surface area contributed by atoms with E-state index in [0.29, 0.717) is 25.3 Å². The van der Waals surface area contributed by atoms with E-state index in [1.54, 1.807) is 19.1 Å². The fourth-order valence-electron chi connectivity index (χ4n) is 4.46. The number of carbonyl (C=O) groups is 1. The molecule has 3 rings (SSSR count). The van der Waals surface area contributed by atoms with Crippen molar-refractivity contribution in [2.75, 3.05) is 44.0 Å². The molecule has 0 aliphatic carbocycles. The minimum atomic E-state index is -4.37. The lowest BCUT2D eigenvalue weighted by atomic mass is 9.86. The highest BCUT2D eigenvalue weighted by Gasteiger charge is 2.48. The largest absolute Gasteiger partial charge is 0.414 e. The molecule has 2 aliphatic heterocycles. The van der Waals surface area contributed by atoms with Crippen molar-refractivity contribution < 1.29 is 22.7 Å². The van der Waals surface area contributed by atoms with Crippen molar-refractivity contribution in [3.05, 3.63) is 30.3 Å². The third-order valence-corrected chi connectivity index (χ3v) is 7.35. The lowest BCUT2D eigenvalue weighted by Crippen LogP contribution is -2.59. The number of carbonyl (C=O) groups excluding carboxylic acids is 1. The maximum atomic E-state index is 13.0. The molecule has 0 aromatic heterocycles. The van der Waals surface area contributed by atoms with Crippen molar-refractivity contribution in [2.45, 2.75) is 56.9 Å². The second-order valence-corrected chi connectivity index (χ2v) is 9.62. The number of methoxy groups -OCH3 is 1. The summed E-state index contributed by atoms with van der Waals surface area (Å²) in [4.78, 5) is 14.9. The second-order valence-electron chi connectivity index (χ2n) is 8.43. The van der Waals surface area contributed by atoms with Crippen LogP contribution in [0, 0.1) is 0 Å². The first-order valence-corrected chi connectivity index (χ1v) is 12.1. The van der Waals surface area contributed by atoms with Gasteiger partial charge in [0.2, 0.25) is 5.91 Å². The van der Waals surface area contributed by atoms with E-state index in [9.17, 15) is 18.0 Å². The summed E-state index contributed by atoms with van der Waals surface area (Å²) in [6.45, 7) is 5.70. The number of rotatable bonds is 9. The van der Waals surface area contributed by atoms with Gasteiger partial charge in [-0.15, -0.1) is 0 Å². The number of alkyl halides is 3. The SMILES string of the molecule is CCC(=O)N(c1ccccc1)C1(COC)CCN(SCCN2N=NC(C(F)(F)F)C2C)CC1. The number of benzene rings is 1. The molecule has 1 aromatic rings. The molecule has 0 radical (unpaired) electrons. The summed E-state index contributed by atoms with van der Waals surface area (Å²) in [5.41, 5.74) is 0.438. The van der Waals surface area contributed by atoms with Crippen LogP contribution < -0.4 is 4.90 Å². The Balaban J connectivity index is 1.58. The van der Waals surface area contributed by atoms with Crippen molar-refractivity contribution in [3.63, 3.8) is 0 Å². The summed E-state index contributed by atoms with van der Waals surface area (Å²) in [5, 5.41) is 8.54. The van der Waals surface area contributed by atoms with E-state index in [0.717, 1.165) is 31.6 Å². The molecule has 11 heteroatoms. The van der Waals surface area contributed by atoms with Crippen molar-refractivity contribution in [2.24, 2.45) is 10.3 Å². The van der Waals surface area contributed by atoms with Crippen molar-refractivity contribution >= 4 is 23.5 Å². The van der Waals surface area contributed by atoms with E-state index in [-0.39, 0.29) is 5.91 Å². The van der Waals surface area contributed by atoms with E-state index in [1.165, 1.54) is 11.9 Å². The topological polar surface area (TPSA) is 60.7 Å². The number of halogens is 3. The van der Waals surface area contributed by atoms with Gasteiger partial charge < -0.3 is 9.64 Å². The van der Waals surface area contributed by atoms with Gasteiger partial charge in [0.25, 0.3) is 0 Å². The van der Waals surface area contributed by atoms with Crippen LogP contribution in [-0.2, 0) is 9.53 Å². The highest BCUT2D eigenvalue weighted by Crippen LogP contribution is 2.36. The molecular formula is C22H32F3N5O2S. The third kappa shape index (κ3) is 5.99. The maximum Gasteiger partial charge on any atom is 0.414 e. The van der Waals surface area contributed by atoms with E-state index >= 15 is 0 Å². The van der Waals surface area contributed by atoms with Crippen LogP contribution in [0.1, 0.15) is 33.1 Å². The third-order valence-electron chi connectivity index (χ3n) is 6.25. The molecule has 1 saturated heterocycles. The summed E-state index contributed by atoms with van der Waals surface area (Å²) < 4.78 is 46.7. The van der Waals surface area contributed by atoms with Gasteiger partial charge in [0.1, 0.15) is 0 Å². The molecule has 0 spiro atoms. The number of hydrogen-bond donors (Lipinski definition) is 0. The van der Waals surface area contributed by atoms with Crippen molar-refractivity contribution in [3.8, 4) is 0 Å². The van der Waals surface area contributed by atoms with Crippen LogP contribution in [0.4, 0.5) is 18.9 Å². The average molecular weight is 488 g/mol.